The van der Waals surface area contributed by atoms with Crippen molar-refractivity contribution in [2.24, 2.45) is 0 Å². The van der Waals surface area contributed by atoms with E-state index >= 15 is 0 Å². The molecule has 0 fully saturated rings. The fraction of sp³-hybridized carbons (Fsp3) is 0.0909. The second-order valence-electron chi connectivity index (χ2n) is 6.23. The van der Waals surface area contributed by atoms with E-state index in [9.17, 15) is 4.57 Å². The topological polar surface area (TPSA) is 73.8 Å². The lowest BCUT2D eigenvalue weighted by atomic mass is 10.3. The highest BCUT2D eigenvalue weighted by atomic mass is 31.2. The van der Waals surface area contributed by atoms with Crippen molar-refractivity contribution in [2.45, 2.75) is 12.3 Å². The van der Waals surface area contributed by atoms with Gasteiger partial charge in [-0.1, -0.05) is 36.4 Å². The van der Waals surface area contributed by atoms with Crippen LogP contribution >= 0.6 is 7.60 Å². The lowest BCUT2D eigenvalue weighted by Gasteiger charge is -2.27. The zero-order valence-corrected chi connectivity index (χ0v) is 16.4. The van der Waals surface area contributed by atoms with Crippen molar-refractivity contribution in [2.75, 3.05) is 0 Å². The Morgan fingerprint density at radius 3 is 1.86 bits per heavy atom. The van der Waals surface area contributed by atoms with Gasteiger partial charge in [-0.05, 0) is 48.5 Å². The zero-order chi connectivity index (χ0) is 19.9. The fourth-order valence-electron chi connectivity index (χ4n) is 2.81. The summed E-state index contributed by atoms with van der Waals surface area (Å²) < 4.78 is 36.9. The van der Waals surface area contributed by atoms with E-state index in [4.69, 9.17) is 17.9 Å². The van der Waals surface area contributed by atoms with Gasteiger partial charge in [0.1, 0.15) is 23.0 Å². The summed E-state index contributed by atoms with van der Waals surface area (Å²) in [5.41, 5.74) is 0. The molecular formula is C22H20NO5P. The molecule has 7 heteroatoms. The molecule has 0 spiro atoms. The number of benzene rings is 2. The van der Waals surface area contributed by atoms with Gasteiger partial charge >= 0.3 is 7.60 Å². The van der Waals surface area contributed by atoms with Crippen molar-refractivity contribution in [3.63, 3.8) is 0 Å². The summed E-state index contributed by atoms with van der Waals surface area (Å²) in [6, 6.07) is 24.9. The molecule has 0 saturated carbocycles. The third-order valence-electron chi connectivity index (χ3n) is 4.13. The van der Waals surface area contributed by atoms with Gasteiger partial charge in [-0.15, -0.1) is 0 Å². The van der Waals surface area contributed by atoms with Gasteiger partial charge in [-0.3, -0.25) is 5.32 Å². The molecule has 0 aliphatic carbocycles. The molecule has 6 nitrogen and oxygen atoms in total. The smallest absolute Gasteiger partial charge is 0.455 e. The van der Waals surface area contributed by atoms with Crippen LogP contribution in [-0.2, 0) is 11.1 Å². The first-order valence-electron chi connectivity index (χ1n) is 9.11. The summed E-state index contributed by atoms with van der Waals surface area (Å²) in [6.07, 6.45) is 3.10. The van der Waals surface area contributed by atoms with E-state index < -0.39 is 13.4 Å². The van der Waals surface area contributed by atoms with Gasteiger partial charge in [0.2, 0.25) is 0 Å². The predicted molar refractivity (Wildman–Crippen MR) is 109 cm³/mol. The highest BCUT2D eigenvalue weighted by Crippen LogP contribution is 2.59. The number of hydrogen-bond donors (Lipinski definition) is 1. The standard InChI is InChI=1S/C22H20NO5P/c24-29(27-18-9-3-1-4-10-18,28-19-11-5-2-6-12-19)22(21-14-8-16-26-21)23-17-20-13-7-15-25-20/h1-16,22-23H,17H2. The van der Waals surface area contributed by atoms with Crippen molar-refractivity contribution < 1.29 is 22.4 Å². The molecule has 0 amide bonds. The van der Waals surface area contributed by atoms with E-state index in [0.717, 1.165) is 0 Å². The molecule has 0 bridgehead atoms. The summed E-state index contributed by atoms with van der Waals surface area (Å²) in [5.74, 6) is 1.13. The van der Waals surface area contributed by atoms with E-state index in [-0.39, 0.29) is 0 Å². The lowest BCUT2D eigenvalue weighted by molar-refractivity contribution is 0.341. The molecule has 4 rings (SSSR count). The summed E-state index contributed by atoms with van der Waals surface area (Å²) in [5, 5.41) is 3.21. The Hall–Kier alpha value is -3.21. The number of hydrogen-bond acceptors (Lipinski definition) is 6. The van der Waals surface area contributed by atoms with Crippen LogP contribution in [0.4, 0.5) is 0 Å². The van der Waals surface area contributed by atoms with Crippen LogP contribution in [0.5, 0.6) is 11.5 Å². The molecule has 1 unspecified atom stereocenters. The first-order valence-corrected chi connectivity index (χ1v) is 10.7. The van der Waals surface area contributed by atoms with Crippen LogP contribution in [-0.4, -0.2) is 0 Å². The molecule has 0 aliphatic rings. The van der Waals surface area contributed by atoms with Crippen LogP contribution in [0.1, 0.15) is 17.3 Å². The minimum Gasteiger partial charge on any atom is -0.468 e. The van der Waals surface area contributed by atoms with Crippen molar-refractivity contribution in [1.29, 1.82) is 0 Å². The number of para-hydroxylation sites is 2. The highest BCUT2D eigenvalue weighted by Gasteiger charge is 2.42. The average molecular weight is 409 g/mol. The fourth-order valence-corrected chi connectivity index (χ4v) is 4.66. The maximum absolute atomic E-state index is 14.1. The maximum Gasteiger partial charge on any atom is 0.455 e. The monoisotopic (exact) mass is 409 g/mol. The van der Waals surface area contributed by atoms with Gasteiger partial charge in [0.05, 0.1) is 19.1 Å². The average Bonchev–Trinajstić information content (AvgIpc) is 3.44. The van der Waals surface area contributed by atoms with E-state index in [2.05, 4.69) is 5.32 Å². The summed E-state index contributed by atoms with van der Waals surface area (Å²) >= 11 is 0. The van der Waals surface area contributed by atoms with Gasteiger partial charge in [-0.2, -0.15) is 0 Å². The third-order valence-corrected chi connectivity index (χ3v) is 6.13. The summed E-state index contributed by atoms with van der Waals surface area (Å²) in [7, 11) is -3.83. The second-order valence-corrected chi connectivity index (χ2v) is 8.19. The van der Waals surface area contributed by atoms with Gasteiger partial charge in [0.25, 0.3) is 0 Å². The van der Waals surface area contributed by atoms with Gasteiger partial charge in [0, 0.05) is 0 Å². The maximum atomic E-state index is 14.1. The Balaban J connectivity index is 1.69. The van der Waals surface area contributed by atoms with Crippen molar-refractivity contribution in [1.82, 2.24) is 5.32 Å². The summed E-state index contributed by atoms with van der Waals surface area (Å²) in [6.45, 7) is 0.318. The van der Waals surface area contributed by atoms with Crippen molar-refractivity contribution in [3.8, 4) is 11.5 Å². The number of rotatable bonds is 9. The van der Waals surface area contributed by atoms with Crippen molar-refractivity contribution in [3.05, 3.63) is 109 Å². The van der Waals surface area contributed by atoms with Crippen LogP contribution < -0.4 is 14.4 Å². The molecule has 2 aromatic carbocycles. The van der Waals surface area contributed by atoms with Gasteiger partial charge in [0.15, 0.2) is 5.78 Å². The third kappa shape index (κ3) is 4.80. The molecule has 0 radical (unpaired) electrons. The normalized spacial score (nSPS) is 12.4. The molecule has 2 aromatic heterocycles. The molecule has 0 aliphatic heterocycles. The van der Waals surface area contributed by atoms with Crippen molar-refractivity contribution >= 4 is 7.60 Å². The van der Waals surface area contributed by atoms with Crippen LogP contribution in [0.2, 0.25) is 0 Å². The van der Waals surface area contributed by atoms with Crippen LogP contribution in [0.3, 0.4) is 0 Å². The SMILES string of the molecule is O=P(Oc1ccccc1)(Oc1ccccc1)C(NCc1ccco1)c1ccco1. The Morgan fingerprint density at radius 1 is 0.759 bits per heavy atom. The molecule has 2 heterocycles. The highest BCUT2D eigenvalue weighted by molar-refractivity contribution is 7.55. The van der Waals surface area contributed by atoms with Crippen LogP contribution in [0.25, 0.3) is 0 Å². The first kappa shape index (κ1) is 19.1. The number of nitrogens with one attached hydrogen (secondary N) is 1. The Morgan fingerprint density at radius 2 is 1.34 bits per heavy atom. The Labute approximate surface area is 168 Å². The molecule has 1 atom stereocenters. The second kappa shape index (κ2) is 8.86. The van der Waals surface area contributed by atoms with Crippen LogP contribution in [0, 0.1) is 0 Å². The van der Waals surface area contributed by atoms with Crippen LogP contribution in [0.15, 0.2) is 106 Å². The molecule has 148 valence electrons. The van der Waals surface area contributed by atoms with E-state index in [1.807, 2.05) is 18.2 Å². The molecule has 29 heavy (non-hydrogen) atoms. The predicted octanol–water partition coefficient (Wildman–Crippen LogP) is 6.01. The molecule has 4 aromatic rings. The summed E-state index contributed by atoms with van der Waals surface area (Å²) in [4.78, 5) is 0. The van der Waals surface area contributed by atoms with Gasteiger partial charge in [-0.25, -0.2) is 4.57 Å². The molecule has 1 N–H and O–H groups in total. The Bertz CT molecular complexity index is 988. The first-order chi connectivity index (χ1) is 14.2. The van der Waals surface area contributed by atoms with E-state index in [0.29, 0.717) is 29.6 Å². The van der Waals surface area contributed by atoms with E-state index in [1.165, 1.54) is 6.26 Å². The number of furan rings is 2. The quantitative estimate of drug-likeness (QED) is 0.341. The minimum absolute atomic E-state index is 0.318. The van der Waals surface area contributed by atoms with Gasteiger partial charge < -0.3 is 17.9 Å². The minimum atomic E-state index is -3.83. The molecule has 0 saturated heterocycles. The Kier molecular flexibility index (Phi) is 5.84. The van der Waals surface area contributed by atoms with E-state index in [1.54, 1.807) is 73.0 Å². The zero-order valence-electron chi connectivity index (χ0n) is 15.5. The molecular weight excluding hydrogens is 389 g/mol. The lowest BCUT2D eigenvalue weighted by Crippen LogP contribution is -2.24. The largest absolute Gasteiger partial charge is 0.468 e.